The van der Waals surface area contributed by atoms with Gasteiger partial charge >= 0.3 is 6.03 Å². The van der Waals surface area contributed by atoms with E-state index in [4.69, 9.17) is 9.47 Å². The summed E-state index contributed by atoms with van der Waals surface area (Å²) in [6, 6.07) is 17.7. The van der Waals surface area contributed by atoms with Gasteiger partial charge in [-0.2, -0.15) is 0 Å². The summed E-state index contributed by atoms with van der Waals surface area (Å²) in [5, 5.41) is 5.18. The van der Waals surface area contributed by atoms with Crippen molar-refractivity contribution < 1.29 is 27.5 Å². The number of methoxy groups -OCH3 is 1. The molecule has 3 aromatic rings. The molecular formula is C27H31N3O6S. The molecule has 0 bridgehead atoms. The maximum Gasteiger partial charge on any atom is 0.329 e. The number of nitrogens with one attached hydrogen (secondary N) is 3. The molecule has 3 N–H and O–H groups in total. The fourth-order valence-corrected chi connectivity index (χ4v) is 4.46. The number of benzene rings is 3. The Hall–Kier alpha value is -4.05. The van der Waals surface area contributed by atoms with Crippen molar-refractivity contribution in [2.24, 2.45) is 0 Å². The molecule has 0 heterocycles. The predicted molar refractivity (Wildman–Crippen MR) is 142 cm³/mol. The molecule has 0 fully saturated rings. The Bertz CT molecular complexity index is 1380. The van der Waals surface area contributed by atoms with Crippen LogP contribution in [0.15, 0.2) is 71.6 Å². The summed E-state index contributed by atoms with van der Waals surface area (Å²) in [7, 11) is -2.81. The highest BCUT2D eigenvalue weighted by Gasteiger charge is 2.26. The van der Waals surface area contributed by atoms with Gasteiger partial charge < -0.3 is 20.1 Å². The first-order chi connectivity index (χ1) is 17.4. The van der Waals surface area contributed by atoms with E-state index in [0.29, 0.717) is 12.3 Å². The fourth-order valence-electron chi connectivity index (χ4n) is 3.40. The van der Waals surface area contributed by atoms with Crippen molar-refractivity contribution in [1.29, 1.82) is 0 Å². The van der Waals surface area contributed by atoms with E-state index in [9.17, 15) is 18.0 Å². The van der Waals surface area contributed by atoms with Crippen LogP contribution in [0.2, 0.25) is 0 Å². The first kappa shape index (κ1) is 27.5. The number of sulfonamides is 1. The van der Waals surface area contributed by atoms with Gasteiger partial charge in [-0.1, -0.05) is 24.3 Å². The minimum absolute atomic E-state index is 0.0454. The van der Waals surface area contributed by atoms with Crippen LogP contribution in [0.3, 0.4) is 0 Å². The number of ether oxygens (including phenoxy) is 2. The third-order valence-electron chi connectivity index (χ3n) is 5.03. The second-order valence-corrected chi connectivity index (χ2v) is 10.8. The molecule has 0 radical (unpaired) electrons. The zero-order valence-corrected chi connectivity index (χ0v) is 22.2. The Morgan fingerprint density at radius 2 is 1.59 bits per heavy atom. The highest BCUT2D eigenvalue weighted by molar-refractivity contribution is 7.90. The Labute approximate surface area is 217 Å². The van der Waals surface area contributed by atoms with Crippen LogP contribution in [0.1, 0.15) is 38.1 Å². The quantitative estimate of drug-likeness (QED) is 0.392. The van der Waals surface area contributed by atoms with Gasteiger partial charge in [-0.3, -0.25) is 4.79 Å². The molecule has 0 aliphatic rings. The summed E-state index contributed by atoms with van der Waals surface area (Å²) in [4.78, 5) is 24.4. The van der Waals surface area contributed by atoms with Crippen LogP contribution < -0.4 is 24.8 Å². The summed E-state index contributed by atoms with van der Waals surface area (Å²) in [6.45, 7) is 7.28. The van der Waals surface area contributed by atoms with Crippen molar-refractivity contribution in [2.75, 3.05) is 13.7 Å². The molecule has 0 atom stereocenters. The summed E-state index contributed by atoms with van der Waals surface area (Å²) < 4.78 is 39.6. The first-order valence-corrected chi connectivity index (χ1v) is 13.1. The lowest BCUT2D eigenvalue weighted by Gasteiger charge is -2.21. The van der Waals surface area contributed by atoms with Gasteiger partial charge in [0.15, 0.2) is 0 Å². The molecule has 10 heteroatoms. The van der Waals surface area contributed by atoms with Gasteiger partial charge in [0.05, 0.1) is 7.11 Å². The van der Waals surface area contributed by atoms with Crippen molar-refractivity contribution in [3.8, 4) is 28.4 Å². The van der Waals surface area contributed by atoms with E-state index in [1.165, 1.54) is 18.2 Å². The molecule has 9 nitrogen and oxygen atoms in total. The average Bonchev–Trinajstić information content (AvgIpc) is 2.83. The number of carbonyl (C=O) groups excluding carboxylic acids is 2. The van der Waals surface area contributed by atoms with Gasteiger partial charge in [0.1, 0.15) is 22.1 Å². The zero-order chi connectivity index (χ0) is 27.2. The molecule has 0 saturated heterocycles. The first-order valence-electron chi connectivity index (χ1n) is 11.6. The molecule has 0 aliphatic heterocycles. The Kier molecular flexibility index (Phi) is 8.44. The number of hydrogen-bond donors (Lipinski definition) is 3. The van der Waals surface area contributed by atoms with Crippen molar-refractivity contribution in [3.63, 3.8) is 0 Å². The SMILES string of the molecule is CCNC(=O)c1ccc(Oc2cccc(-c3ccc(OC)cc3)c2)c(S(=O)(=O)NC(=O)NC(C)(C)C)c1. The third kappa shape index (κ3) is 7.47. The second-order valence-electron chi connectivity index (χ2n) is 9.19. The minimum atomic E-state index is -4.40. The number of carbonyl (C=O) groups is 2. The topological polar surface area (TPSA) is 123 Å². The van der Waals surface area contributed by atoms with E-state index in [-0.39, 0.29) is 16.2 Å². The summed E-state index contributed by atoms with van der Waals surface area (Å²) in [5.41, 5.74) is 1.19. The Morgan fingerprint density at radius 3 is 2.22 bits per heavy atom. The van der Waals surface area contributed by atoms with Crippen LogP contribution in [0.5, 0.6) is 17.2 Å². The molecule has 196 valence electrons. The summed E-state index contributed by atoms with van der Waals surface area (Å²) >= 11 is 0. The molecular weight excluding hydrogens is 494 g/mol. The van der Waals surface area contributed by atoms with Gasteiger partial charge in [-0.25, -0.2) is 17.9 Å². The lowest BCUT2D eigenvalue weighted by atomic mass is 10.1. The molecule has 3 amide bonds. The number of rotatable bonds is 8. The smallest absolute Gasteiger partial charge is 0.329 e. The van der Waals surface area contributed by atoms with Crippen LogP contribution in [0, 0.1) is 0 Å². The summed E-state index contributed by atoms with van der Waals surface area (Å²) in [6.07, 6.45) is 0. The van der Waals surface area contributed by atoms with E-state index in [0.717, 1.165) is 16.9 Å². The minimum Gasteiger partial charge on any atom is -0.497 e. The van der Waals surface area contributed by atoms with Crippen molar-refractivity contribution in [2.45, 2.75) is 38.1 Å². The largest absolute Gasteiger partial charge is 0.497 e. The summed E-state index contributed by atoms with van der Waals surface area (Å²) in [5.74, 6) is 0.595. The third-order valence-corrected chi connectivity index (χ3v) is 6.39. The maximum absolute atomic E-state index is 13.2. The van der Waals surface area contributed by atoms with E-state index < -0.39 is 27.5 Å². The molecule has 3 rings (SSSR count). The highest BCUT2D eigenvalue weighted by Crippen LogP contribution is 2.32. The fraction of sp³-hybridized carbons (Fsp3) is 0.259. The zero-order valence-electron chi connectivity index (χ0n) is 21.4. The van der Waals surface area contributed by atoms with E-state index in [1.807, 2.05) is 35.1 Å². The molecule has 0 spiro atoms. The molecule has 0 unspecified atom stereocenters. The van der Waals surface area contributed by atoms with Crippen LogP contribution in [-0.4, -0.2) is 39.5 Å². The van der Waals surface area contributed by atoms with Gasteiger partial charge in [-0.15, -0.1) is 0 Å². The Balaban J connectivity index is 1.99. The van der Waals surface area contributed by atoms with Crippen molar-refractivity contribution in [3.05, 3.63) is 72.3 Å². The lowest BCUT2D eigenvalue weighted by molar-refractivity contribution is 0.0955. The average molecular weight is 526 g/mol. The van der Waals surface area contributed by atoms with Crippen LogP contribution in [-0.2, 0) is 10.0 Å². The van der Waals surface area contributed by atoms with Gasteiger partial charge in [0.2, 0.25) is 0 Å². The van der Waals surface area contributed by atoms with E-state index in [2.05, 4.69) is 10.6 Å². The molecule has 0 aromatic heterocycles. The normalized spacial score (nSPS) is 11.4. The molecule has 37 heavy (non-hydrogen) atoms. The second kappa shape index (κ2) is 11.3. The van der Waals surface area contributed by atoms with E-state index in [1.54, 1.807) is 53.0 Å². The highest BCUT2D eigenvalue weighted by atomic mass is 32.2. The van der Waals surface area contributed by atoms with Crippen LogP contribution in [0.4, 0.5) is 4.79 Å². The number of urea groups is 1. The molecule has 3 aromatic carbocycles. The maximum atomic E-state index is 13.2. The van der Waals surface area contributed by atoms with Gasteiger partial charge in [0, 0.05) is 17.6 Å². The monoisotopic (exact) mass is 525 g/mol. The van der Waals surface area contributed by atoms with Crippen LogP contribution >= 0.6 is 0 Å². The van der Waals surface area contributed by atoms with Crippen molar-refractivity contribution in [1.82, 2.24) is 15.4 Å². The number of hydrogen-bond acceptors (Lipinski definition) is 6. The standard InChI is InChI=1S/C27H31N3O6S/c1-6-28-25(31)20-12-15-23(24(17-20)37(33,34)30-26(32)29-27(2,3)4)36-22-9-7-8-19(16-22)18-10-13-21(35-5)14-11-18/h7-17H,6H2,1-5H3,(H,28,31)(H2,29,30,32). The van der Waals surface area contributed by atoms with Crippen molar-refractivity contribution >= 4 is 22.0 Å². The lowest BCUT2D eigenvalue weighted by Crippen LogP contribution is -2.48. The Morgan fingerprint density at radius 1 is 0.892 bits per heavy atom. The number of amides is 3. The molecule has 0 saturated carbocycles. The predicted octanol–water partition coefficient (Wildman–Crippen LogP) is 4.69. The van der Waals surface area contributed by atoms with Crippen LogP contribution in [0.25, 0.3) is 11.1 Å². The van der Waals surface area contributed by atoms with Gasteiger partial charge in [-0.05, 0) is 81.3 Å². The molecule has 0 aliphatic carbocycles. The van der Waals surface area contributed by atoms with E-state index >= 15 is 0 Å². The van der Waals surface area contributed by atoms with Gasteiger partial charge in [0.25, 0.3) is 15.9 Å².